The highest BCUT2D eigenvalue weighted by Gasteiger charge is 2.12. The summed E-state index contributed by atoms with van der Waals surface area (Å²) in [5.74, 6) is 4.13. The number of aromatic nitrogens is 3. The topological polar surface area (TPSA) is 44.8 Å². The smallest absolute Gasteiger partial charge is 0.181 e. The lowest BCUT2D eigenvalue weighted by Crippen LogP contribution is -2.31. The van der Waals surface area contributed by atoms with Gasteiger partial charge in [0.25, 0.3) is 0 Å². The van der Waals surface area contributed by atoms with Gasteiger partial charge in [-0.15, -0.1) is 0 Å². The molecule has 168 valence electrons. The van der Waals surface area contributed by atoms with E-state index in [2.05, 4.69) is 107 Å². The van der Waals surface area contributed by atoms with Gasteiger partial charge in [-0.3, -0.25) is 10.00 Å². The van der Waals surface area contributed by atoms with Crippen LogP contribution in [0.15, 0.2) is 66.7 Å². The van der Waals surface area contributed by atoms with E-state index in [0.29, 0.717) is 0 Å². The number of thioether (sulfide) groups is 1. The molecule has 5 rings (SSSR count). The summed E-state index contributed by atoms with van der Waals surface area (Å²) in [5, 5.41) is 7.57. The minimum atomic E-state index is 0.747. The maximum atomic E-state index is 4.74. The molecule has 0 aliphatic carbocycles. The summed E-state index contributed by atoms with van der Waals surface area (Å²) in [4.78, 5) is 7.29. The molecule has 1 aromatic heterocycles. The lowest BCUT2D eigenvalue weighted by atomic mass is 10.0. The molecule has 0 radical (unpaired) electrons. The Morgan fingerprint density at radius 2 is 1.61 bits per heavy atom. The predicted molar refractivity (Wildman–Crippen MR) is 139 cm³/mol. The van der Waals surface area contributed by atoms with Crippen LogP contribution in [0.2, 0.25) is 0 Å². The predicted octanol–water partition coefficient (Wildman–Crippen LogP) is 5.90. The highest BCUT2D eigenvalue weighted by molar-refractivity contribution is 7.99. The Labute approximate surface area is 200 Å². The molecule has 33 heavy (non-hydrogen) atoms. The number of hydrogen-bond donors (Lipinski definition) is 1. The summed E-state index contributed by atoms with van der Waals surface area (Å²) < 4.78 is 0. The van der Waals surface area contributed by atoms with E-state index in [0.717, 1.165) is 30.2 Å². The zero-order chi connectivity index (χ0) is 22.6. The second-order valence-corrected chi connectivity index (χ2v) is 10.1. The van der Waals surface area contributed by atoms with Gasteiger partial charge in [0.1, 0.15) is 5.82 Å². The molecule has 1 aliphatic rings. The van der Waals surface area contributed by atoms with E-state index in [1.165, 1.54) is 58.0 Å². The molecule has 0 bridgehead atoms. The Bertz CT molecular complexity index is 1220. The van der Waals surface area contributed by atoms with E-state index >= 15 is 0 Å². The van der Waals surface area contributed by atoms with Crippen molar-refractivity contribution in [2.75, 3.05) is 24.6 Å². The van der Waals surface area contributed by atoms with Gasteiger partial charge in [-0.25, -0.2) is 4.98 Å². The Kier molecular flexibility index (Phi) is 6.60. The van der Waals surface area contributed by atoms with Gasteiger partial charge >= 0.3 is 0 Å². The maximum Gasteiger partial charge on any atom is 0.181 e. The molecule has 0 amide bonds. The number of nitrogens with zero attached hydrogens (tertiary/aromatic N) is 3. The van der Waals surface area contributed by atoms with E-state index in [1.54, 1.807) is 0 Å². The van der Waals surface area contributed by atoms with Gasteiger partial charge in [-0.1, -0.05) is 60.7 Å². The average molecular weight is 455 g/mol. The molecule has 5 heteroatoms. The largest absolute Gasteiger partial charge is 0.297 e. The van der Waals surface area contributed by atoms with Crippen molar-refractivity contribution >= 4 is 11.8 Å². The number of aryl methyl sites for hydroxylation is 2. The van der Waals surface area contributed by atoms with Crippen LogP contribution in [-0.2, 0) is 13.0 Å². The van der Waals surface area contributed by atoms with Gasteiger partial charge in [0.2, 0.25) is 0 Å². The molecule has 0 atom stereocenters. The van der Waals surface area contributed by atoms with Crippen LogP contribution in [0.5, 0.6) is 0 Å². The van der Waals surface area contributed by atoms with E-state index in [4.69, 9.17) is 4.98 Å². The summed E-state index contributed by atoms with van der Waals surface area (Å²) in [5.41, 5.74) is 8.77. The first-order valence-corrected chi connectivity index (χ1v) is 12.8. The van der Waals surface area contributed by atoms with Gasteiger partial charge in [-0.2, -0.15) is 16.9 Å². The first-order valence-electron chi connectivity index (χ1n) is 11.6. The minimum Gasteiger partial charge on any atom is -0.297 e. The van der Waals surface area contributed by atoms with Crippen molar-refractivity contribution in [2.45, 2.75) is 26.8 Å². The van der Waals surface area contributed by atoms with Crippen molar-refractivity contribution in [1.29, 1.82) is 0 Å². The van der Waals surface area contributed by atoms with Gasteiger partial charge in [-0.05, 0) is 53.3 Å². The van der Waals surface area contributed by atoms with Crippen molar-refractivity contribution < 1.29 is 0 Å². The summed E-state index contributed by atoms with van der Waals surface area (Å²) >= 11 is 2.06. The molecule has 4 aromatic rings. The second-order valence-electron chi connectivity index (χ2n) is 8.87. The average Bonchev–Trinajstić information content (AvgIpc) is 3.31. The molecule has 1 N–H and O–H groups in total. The highest BCUT2D eigenvalue weighted by Crippen LogP contribution is 2.25. The molecule has 1 saturated heterocycles. The fourth-order valence-corrected chi connectivity index (χ4v) is 5.27. The third-order valence-corrected chi connectivity index (χ3v) is 7.33. The number of H-pyrrole nitrogens is 1. The standard InChI is InChI=1S/C28H30N4S/c1-20-6-7-22(16-21(20)2)18-27-29-28(31-30-27)25-10-8-24(9-11-25)26-5-3-4-23(17-26)19-32-12-14-33-15-13-32/h3-11,16-17H,12-15,18-19H2,1-2H3,(H,29,30,31). The molecule has 1 fully saturated rings. The normalized spacial score (nSPS) is 14.5. The minimum absolute atomic E-state index is 0.747. The number of nitrogens with one attached hydrogen (secondary N) is 1. The first kappa shape index (κ1) is 21.9. The molecule has 0 unspecified atom stereocenters. The number of hydrogen-bond acceptors (Lipinski definition) is 4. The van der Waals surface area contributed by atoms with Gasteiger partial charge in [0, 0.05) is 43.1 Å². The van der Waals surface area contributed by atoms with Crippen molar-refractivity contribution in [2.24, 2.45) is 0 Å². The molecular formula is C28H30N4S. The number of rotatable bonds is 6. The SMILES string of the molecule is Cc1ccc(Cc2nc(-c3ccc(-c4cccc(CN5CCSCC5)c4)cc3)n[nH]2)cc1C. The van der Waals surface area contributed by atoms with Gasteiger partial charge in [0.05, 0.1) is 0 Å². The van der Waals surface area contributed by atoms with Crippen LogP contribution in [0, 0.1) is 13.8 Å². The zero-order valence-electron chi connectivity index (χ0n) is 19.3. The summed E-state index contributed by atoms with van der Waals surface area (Å²) in [6.45, 7) is 7.69. The third-order valence-electron chi connectivity index (χ3n) is 6.39. The molecule has 1 aliphatic heterocycles. The number of benzene rings is 3. The van der Waals surface area contributed by atoms with Crippen LogP contribution in [0.1, 0.15) is 28.1 Å². The molecule has 2 heterocycles. The van der Waals surface area contributed by atoms with Crippen molar-refractivity contribution in [3.8, 4) is 22.5 Å². The first-order chi connectivity index (χ1) is 16.1. The Morgan fingerprint density at radius 3 is 2.39 bits per heavy atom. The highest BCUT2D eigenvalue weighted by atomic mass is 32.2. The Balaban J connectivity index is 1.28. The monoisotopic (exact) mass is 454 g/mol. The molecule has 3 aromatic carbocycles. The van der Waals surface area contributed by atoms with Crippen LogP contribution in [0.4, 0.5) is 0 Å². The van der Waals surface area contributed by atoms with E-state index < -0.39 is 0 Å². The van der Waals surface area contributed by atoms with Crippen molar-refractivity contribution in [3.05, 3.63) is 94.8 Å². The van der Waals surface area contributed by atoms with Crippen LogP contribution >= 0.6 is 11.8 Å². The molecule has 0 saturated carbocycles. The van der Waals surface area contributed by atoms with E-state index in [-0.39, 0.29) is 0 Å². The quantitative estimate of drug-likeness (QED) is 0.394. The summed E-state index contributed by atoms with van der Waals surface area (Å²) in [6, 6.07) is 24.1. The third kappa shape index (κ3) is 5.37. The Morgan fingerprint density at radius 1 is 0.818 bits per heavy atom. The van der Waals surface area contributed by atoms with Crippen LogP contribution in [0.3, 0.4) is 0 Å². The lowest BCUT2D eigenvalue weighted by Gasteiger charge is -2.26. The second kappa shape index (κ2) is 9.94. The van der Waals surface area contributed by atoms with Gasteiger partial charge in [0.15, 0.2) is 5.82 Å². The fraction of sp³-hybridized carbons (Fsp3) is 0.286. The van der Waals surface area contributed by atoms with Crippen LogP contribution in [-0.4, -0.2) is 44.7 Å². The summed E-state index contributed by atoms with van der Waals surface area (Å²) in [7, 11) is 0. The van der Waals surface area contributed by atoms with Crippen molar-refractivity contribution in [1.82, 2.24) is 20.1 Å². The lowest BCUT2D eigenvalue weighted by molar-refractivity contribution is 0.294. The maximum absolute atomic E-state index is 4.74. The molecular weight excluding hydrogens is 424 g/mol. The molecule has 0 spiro atoms. The van der Waals surface area contributed by atoms with Crippen molar-refractivity contribution in [3.63, 3.8) is 0 Å². The van der Waals surface area contributed by atoms with Crippen LogP contribution in [0.25, 0.3) is 22.5 Å². The van der Waals surface area contributed by atoms with Crippen LogP contribution < -0.4 is 0 Å². The zero-order valence-corrected chi connectivity index (χ0v) is 20.2. The van der Waals surface area contributed by atoms with E-state index in [1.807, 2.05) is 0 Å². The molecule has 4 nitrogen and oxygen atoms in total. The fourth-order valence-electron chi connectivity index (χ4n) is 4.29. The number of aromatic amines is 1. The van der Waals surface area contributed by atoms with E-state index in [9.17, 15) is 0 Å². The van der Waals surface area contributed by atoms with Gasteiger partial charge < -0.3 is 0 Å². The summed E-state index contributed by atoms with van der Waals surface area (Å²) in [6.07, 6.45) is 0.759. The Hall–Kier alpha value is -2.89.